The van der Waals surface area contributed by atoms with Gasteiger partial charge in [-0.2, -0.15) is 5.26 Å². The van der Waals surface area contributed by atoms with E-state index in [1.54, 1.807) is 24.3 Å². The maximum Gasteiger partial charge on any atom is 0.141 e. The van der Waals surface area contributed by atoms with E-state index in [-0.39, 0.29) is 11.9 Å². The molecule has 96 valence electrons. The molecule has 0 radical (unpaired) electrons. The first-order chi connectivity index (χ1) is 9.10. The molecule has 0 saturated heterocycles. The monoisotopic (exact) mass is 275 g/mol. The van der Waals surface area contributed by atoms with Crippen molar-refractivity contribution in [2.24, 2.45) is 0 Å². The third-order valence-corrected chi connectivity index (χ3v) is 2.98. The van der Waals surface area contributed by atoms with Crippen LogP contribution in [0.1, 0.15) is 24.2 Å². The minimum atomic E-state index is -0.364. The number of aromatic nitrogens is 1. The highest BCUT2D eigenvalue weighted by Crippen LogP contribution is 2.23. The van der Waals surface area contributed by atoms with Crippen LogP contribution in [0.2, 0.25) is 5.02 Å². The van der Waals surface area contributed by atoms with E-state index in [4.69, 9.17) is 16.9 Å². The van der Waals surface area contributed by atoms with Crippen molar-refractivity contribution in [2.45, 2.75) is 13.0 Å². The lowest BCUT2D eigenvalue weighted by atomic mass is 10.1. The molecule has 1 N–H and O–H groups in total. The van der Waals surface area contributed by atoms with Crippen molar-refractivity contribution in [3.05, 3.63) is 58.6 Å². The van der Waals surface area contributed by atoms with E-state index in [0.29, 0.717) is 10.6 Å². The summed E-state index contributed by atoms with van der Waals surface area (Å²) in [6.45, 7) is 1.91. The van der Waals surface area contributed by atoms with E-state index >= 15 is 0 Å². The number of rotatable bonds is 3. The fraction of sp³-hybridized carbons (Fsp3) is 0.143. The van der Waals surface area contributed by atoms with Crippen LogP contribution in [0, 0.1) is 17.1 Å². The molecule has 1 atom stereocenters. The molecule has 0 aliphatic rings. The zero-order valence-electron chi connectivity index (χ0n) is 10.2. The Balaban J connectivity index is 2.15. The van der Waals surface area contributed by atoms with Gasteiger partial charge in [0.2, 0.25) is 0 Å². The van der Waals surface area contributed by atoms with Crippen LogP contribution in [0.15, 0.2) is 36.5 Å². The molecular formula is C14H11ClFN3. The Bertz CT molecular complexity index is 620. The van der Waals surface area contributed by atoms with E-state index in [1.807, 2.05) is 13.0 Å². The minimum Gasteiger partial charge on any atom is -0.377 e. The average molecular weight is 276 g/mol. The average Bonchev–Trinajstić information content (AvgIpc) is 2.39. The Morgan fingerprint density at radius 2 is 2.16 bits per heavy atom. The second-order valence-electron chi connectivity index (χ2n) is 4.07. The van der Waals surface area contributed by atoms with Gasteiger partial charge in [-0.1, -0.05) is 11.6 Å². The smallest absolute Gasteiger partial charge is 0.141 e. The van der Waals surface area contributed by atoms with Crippen LogP contribution in [0.5, 0.6) is 0 Å². The van der Waals surface area contributed by atoms with Crippen LogP contribution in [0.4, 0.5) is 10.1 Å². The number of halogens is 2. The van der Waals surface area contributed by atoms with E-state index in [1.165, 1.54) is 12.3 Å². The molecule has 0 saturated carbocycles. The van der Waals surface area contributed by atoms with Gasteiger partial charge in [0.15, 0.2) is 0 Å². The summed E-state index contributed by atoms with van der Waals surface area (Å²) in [6.07, 6.45) is 1.18. The quantitative estimate of drug-likeness (QED) is 0.924. The van der Waals surface area contributed by atoms with Crippen molar-refractivity contribution >= 4 is 17.3 Å². The topological polar surface area (TPSA) is 48.7 Å². The predicted molar refractivity (Wildman–Crippen MR) is 72.4 cm³/mol. The molecule has 3 nitrogen and oxygen atoms in total. The Kier molecular flexibility index (Phi) is 3.98. The Hall–Kier alpha value is -2.12. The number of pyridine rings is 1. The third-order valence-electron chi connectivity index (χ3n) is 2.67. The molecule has 0 fully saturated rings. The van der Waals surface area contributed by atoms with Crippen LogP contribution < -0.4 is 5.32 Å². The highest BCUT2D eigenvalue weighted by atomic mass is 35.5. The van der Waals surface area contributed by atoms with Gasteiger partial charge in [0, 0.05) is 5.69 Å². The molecule has 0 spiro atoms. The van der Waals surface area contributed by atoms with Gasteiger partial charge in [-0.15, -0.1) is 0 Å². The molecule has 0 aliphatic heterocycles. The summed E-state index contributed by atoms with van der Waals surface area (Å²) in [5.74, 6) is -0.364. The van der Waals surface area contributed by atoms with Crippen LogP contribution in [-0.2, 0) is 0 Å². The van der Waals surface area contributed by atoms with Gasteiger partial charge in [0.05, 0.1) is 28.5 Å². The zero-order valence-corrected chi connectivity index (χ0v) is 10.9. The van der Waals surface area contributed by atoms with Gasteiger partial charge in [-0.25, -0.2) is 4.39 Å². The van der Waals surface area contributed by atoms with Gasteiger partial charge in [0.1, 0.15) is 11.9 Å². The van der Waals surface area contributed by atoms with Crippen molar-refractivity contribution < 1.29 is 4.39 Å². The number of anilines is 1. The van der Waals surface area contributed by atoms with Gasteiger partial charge in [-0.3, -0.25) is 4.98 Å². The van der Waals surface area contributed by atoms with Gasteiger partial charge in [-0.05, 0) is 37.3 Å². The summed E-state index contributed by atoms with van der Waals surface area (Å²) in [5.41, 5.74) is 1.93. The Morgan fingerprint density at radius 1 is 1.37 bits per heavy atom. The summed E-state index contributed by atoms with van der Waals surface area (Å²) < 4.78 is 12.8. The summed E-state index contributed by atoms with van der Waals surface area (Å²) in [7, 11) is 0. The molecule has 2 rings (SSSR count). The lowest BCUT2D eigenvalue weighted by Gasteiger charge is -2.15. The second kappa shape index (κ2) is 5.68. The summed E-state index contributed by atoms with van der Waals surface area (Å²) in [4.78, 5) is 4.01. The van der Waals surface area contributed by atoms with E-state index in [2.05, 4.69) is 10.3 Å². The van der Waals surface area contributed by atoms with Crippen molar-refractivity contribution in [2.75, 3.05) is 5.32 Å². The van der Waals surface area contributed by atoms with E-state index < -0.39 is 0 Å². The number of hydrogen-bond donors (Lipinski definition) is 1. The number of nitrogens with one attached hydrogen (secondary N) is 1. The summed E-state index contributed by atoms with van der Waals surface area (Å²) >= 11 is 5.95. The SMILES string of the molecule is CC(Nc1ccc(C#N)c(Cl)c1)c1ccc(F)cn1. The molecule has 0 bridgehead atoms. The van der Waals surface area contributed by atoms with Gasteiger partial charge < -0.3 is 5.32 Å². The first-order valence-electron chi connectivity index (χ1n) is 5.68. The third kappa shape index (κ3) is 3.21. The standard InChI is InChI=1S/C14H11ClFN3/c1-9(14-5-3-11(16)8-18-14)19-12-4-2-10(7-17)13(15)6-12/h2-6,8-9,19H,1H3. The zero-order chi connectivity index (χ0) is 13.8. The van der Waals surface area contributed by atoms with Gasteiger partial charge >= 0.3 is 0 Å². The number of benzene rings is 1. The first-order valence-corrected chi connectivity index (χ1v) is 6.05. The molecule has 1 heterocycles. The molecule has 1 unspecified atom stereocenters. The van der Waals surface area contributed by atoms with Crippen molar-refractivity contribution in [3.8, 4) is 6.07 Å². The van der Waals surface area contributed by atoms with Crippen LogP contribution in [0.25, 0.3) is 0 Å². The lowest BCUT2D eigenvalue weighted by Crippen LogP contribution is -2.08. The summed E-state index contributed by atoms with van der Waals surface area (Å²) in [5, 5.41) is 12.4. The number of nitrogens with zero attached hydrogens (tertiary/aromatic N) is 2. The molecule has 19 heavy (non-hydrogen) atoms. The molecular weight excluding hydrogens is 265 g/mol. The Morgan fingerprint density at radius 3 is 2.74 bits per heavy atom. The molecule has 2 aromatic rings. The van der Waals surface area contributed by atoms with Crippen molar-refractivity contribution in [3.63, 3.8) is 0 Å². The number of nitriles is 1. The predicted octanol–water partition coefficient (Wildman–Crippen LogP) is 3.92. The fourth-order valence-electron chi connectivity index (χ4n) is 1.66. The molecule has 1 aromatic carbocycles. The molecule has 1 aromatic heterocycles. The first kappa shape index (κ1) is 13.3. The van der Waals surface area contributed by atoms with Crippen molar-refractivity contribution in [1.29, 1.82) is 5.26 Å². The summed E-state index contributed by atoms with van der Waals surface area (Å²) in [6, 6.07) is 9.99. The van der Waals surface area contributed by atoms with Crippen LogP contribution in [-0.4, -0.2) is 4.98 Å². The Labute approximate surface area is 115 Å². The fourth-order valence-corrected chi connectivity index (χ4v) is 1.89. The largest absolute Gasteiger partial charge is 0.377 e. The van der Waals surface area contributed by atoms with Gasteiger partial charge in [0.25, 0.3) is 0 Å². The van der Waals surface area contributed by atoms with Crippen LogP contribution >= 0.6 is 11.6 Å². The second-order valence-corrected chi connectivity index (χ2v) is 4.48. The molecule has 0 aliphatic carbocycles. The maximum atomic E-state index is 12.8. The molecule has 5 heteroatoms. The normalized spacial score (nSPS) is 11.7. The van der Waals surface area contributed by atoms with Crippen molar-refractivity contribution in [1.82, 2.24) is 4.98 Å². The van der Waals surface area contributed by atoms with E-state index in [0.717, 1.165) is 11.4 Å². The van der Waals surface area contributed by atoms with E-state index in [9.17, 15) is 4.39 Å². The minimum absolute atomic E-state index is 0.0930. The lowest BCUT2D eigenvalue weighted by molar-refractivity contribution is 0.617. The maximum absolute atomic E-state index is 12.8. The van der Waals surface area contributed by atoms with Crippen LogP contribution in [0.3, 0.4) is 0 Å². The number of hydrogen-bond acceptors (Lipinski definition) is 3. The highest BCUT2D eigenvalue weighted by Gasteiger charge is 2.08. The highest BCUT2D eigenvalue weighted by molar-refractivity contribution is 6.32. The molecule has 0 amide bonds.